The van der Waals surface area contributed by atoms with Gasteiger partial charge in [0.25, 0.3) is 20.2 Å². The summed E-state index contributed by atoms with van der Waals surface area (Å²) in [4.78, 5) is -1.37. The Kier molecular flexibility index (Phi) is 18.5. The van der Waals surface area contributed by atoms with Gasteiger partial charge in [-0.15, -0.1) is 0 Å². The van der Waals surface area contributed by atoms with E-state index in [-0.39, 0.29) is 0 Å². The average molecular weight is 575 g/mol. The van der Waals surface area contributed by atoms with Crippen molar-refractivity contribution in [1.29, 1.82) is 0 Å². The minimum atomic E-state index is -4.82. The van der Waals surface area contributed by atoms with Gasteiger partial charge >= 0.3 is 0 Å². The molecule has 1 aromatic carbocycles. The Labute approximate surface area is 233 Å². The lowest BCUT2D eigenvalue weighted by atomic mass is 9.96. The van der Waals surface area contributed by atoms with Gasteiger partial charge in [0.2, 0.25) is 0 Å². The van der Waals surface area contributed by atoms with Gasteiger partial charge in [-0.3, -0.25) is 9.11 Å². The topological polar surface area (TPSA) is 109 Å². The van der Waals surface area contributed by atoms with Crippen molar-refractivity contribution < 1.29 is 25.9 Å². The number of rotatable bonds is 24. The second kappa shape index (κ2) is 20.0. The molecule has 0 saturated carbocycles. The summed E-state index contributed by atoms with van der Waals surface area (Å²) in [5.74, 6) is 0. The zero-order valence-corrected chi connectivity index (χ0v) is 25.7. The fraction of sp³-hybridized carbons (Fsp3) is 0.800. The maximum atomic E-state index is 12.3. The van der Waals surface area contributed by atoms with Gasteiger partial charge in [0.05, 0.1) is 0 Å². The fourth-order valence-electron chi connectivity index (χ4n) is 5.23. The lowest BCUT2D eigenvalue weighted by Crippen LogP contribution is -2.14. The molecule has 0 radical (unpaired) electrons. The predicted molar refractivity (Wildman–Crippen MR) is 157 cm³/mol. The second-order valence-electron chi connectivity index (χ2n) is 10.8. The molecule has 0 amide bonds. The third-order valence-corrected chi connectivity index (χ3v) is 9.44. The summed E-state index contributed by atoms with van der Waals surface area (Å²) in [5, 5.41) is 0. The van der Waals surface area contributed by atoms with Gasteiger partial charge in [-0.25, -0.2) is 0 Å². The lowest BCUT2D eigenvalue weighted by Gasteiger charge is -2.16. The van der Waals surface area contributed by atoms with Crippen molar-refractivity contribution in [3.8, 4) is 0 Å². The molecular formula is C30H54O6S2. The zero-order chi connectivity index (χ0) is 28.3. The van der Waals surface area contributed by atoms with E-state index in [0.29, 0.717) is 24.8 Å². The fourth-order valence-corrected chi connectivity index (χ4v) is 7.33. The minimum Gasteiger partial charge on any atom is -0.282 e. The van der Waals surface area contributed by atoms with E-state index in [9.17, 15) is 25.9 Å². The first-order valence-corrected chi connectivity index (χ1v) is 18.1. The lowest BCUT2D eigenvalue weighted by molar-refractivity contribution is 0.464. The van der Waals surface area contributed by atoms with Crippen LogP contribution in [0.4, 0.5) is 0 Å². The van der Waals surface area contributed by atoms with Crippen molar-refractivity contribution in [3.63, 3.8) is 0 Å². The Bertz CT molecular complexity index is 971. The van der Waals surface area contributed by atoms with E-state index in [4.69, 9.17) is 0 Å². The summed E-state index contributed by atoms with van der Waals surface area (Å²) >= 11 is 0. The molecule has 2 N–H and O–H groups in total. The van der Waals surface area contributed by atoms with Gasteiger partial charge in [-0.2, -0.15) is 16.8 Å². The summed E-state index contributed by atoms with van der Waals surface area (Å²) in [5.41, 5.74) is 1.10. The number of benzene rings is 1. The summed E-state index contributed by atoms with van der Waals surface area (Å²) in [6.07, 6.45) is 24.2. The highest BCUT2D eigenvalue weighted by atomic mass is 32.2. The van der Waals surface area contributed by atoms with Crippen LogP contribution >= 0.6 is 0 Å². The summed E-state index contributed by atoms with van der Waals surface area (Å²) in [6, 6.07) is 2.73. The molecule has 0 heterocycles. The van der Waals surface area contributed by atoms with Crippen LogP contribution in [0, 0.1) is 0 Å². The summed E-state index contributed by atoms with van der Waals surface area (Å²) in [6.45, 7) is 4.43. The van der Waals surface area contributed by atoms with E-state index < -0.39 is 30.0 Å². The maximum absolute atomic E-state index is 12.3. The van der Waals surface area contributed by atoms with Crippen LogP contribution in [0.15, 0.2) is 21.9 Å². The molecule has 38 heavy (non-hydrogen) atoms. The monoisotopic (exact) mass is 574 g/mol. The molecule has 0 atom stereocenters. The molecule has 0 bridgehead atoms. The highest BCUT2D eigenvalue weighted by Crippen LogP contribution is 2.30. The number of aryl methyl sites for hydroxylation is 1. The zero-order valence-electron chi connectivity index (χ0n) is 24.1. The van der Waals surface area contributed by atoms with Gasteiger partial charge in [-0.05, 0) is 42.9 Å². The van der Waals surface area contributed by atoms with Crippen molar-refractivity contribution in [2.75, 3.05) is 0 Å². The van der Waals surface area contributed by atoms with E-state index in [1.54, 1.807) is 6.07 Å². The third-order valence-electron chi connectivity index (χ3n) is 7.44. The van der Waals surface area contributed by atoms with Gasteiger partial charge in [-0.1, -0.05) is 135 Å². The van der Waals surface area contributed by atoms with Gasteiger partial charge in [0.1, 0.15) is 9.79 Å². The van der Waals surface area contributed by atoms with Gasteiger partial charge < -0.3 is 0 Å². The number of hydrogen-bond donors (Lipinski definition) is 2. The molecule has 0 unspecified atom stereocenters. The average Bonchev–Trinajstić information content (AvgIpc) is 2.85. The molecule has 0 aromatic heterocycles. The molecule has 0 spiro atoms. The molecule has 0 aliphatic rings. The maximum Gasteiger partial charge on any atom is 0.296 e. The van der Waals surface area contributed by atoms with Gasteiger partial charge in [0, 0.05) is 0 Å². The number of unbranched alkanes of at least 4 members (excludes halogenated alkanes) is 18. The van der Waals surface area contributed by atoms with Crippen LogP contribution in [0.3, 0.4) is 0 Å². The van der Waals surface area contributed by atoms with Crippen molar-refractivity contribution in [2.45, 2.75) is 165 Å². The highest BCUT2D eigenvalue weighted by molar-refractivity contribution is 7.89. The Morgan fingerprint density at radius 2 is 0.868 bits per heavy atom. The Hall–Kier alpha value is -0.960. The SMILES string of the molecule is CCCCCCCCCCCCc1ccc(S(=O)(=O)O)c(S(=O)(=O)O)c1CCCCCCCCCCCC. The quantitative estimate of drug-likeness (QED) is 0.0941. The van der Waals surface area contributed by atoms with Crippen molar-refractivity contribution in [3.05, 3.63) is 23.3 Å². The number of hydrogen-bond acceptors (Lipinski definition) is 4. The van der Waals surface area contributed by atoms with Crippen LogP contribution in [0.25, 0.3) is 0 Å². The predicted octanol–water partition coefficient (Wildman–Crippen LogP) is 9.11. The molecule has 6 nitrogen and oxygen atoms in total. The van der Waals surface area contributed by atoms with Crippen LogP contribution in [0.5, 0.6) is 0 Å². The van der Waals surface area contributed by atoms with E-state index >= 15 is 0 Å². The molecule has 1 rings (SSSR count). The first-order chi connectivity index (χ1) is 18.1. The molecule has 222 valence electrons. The van der Waals surface area contributed by atoms with Crippen molar-refractivity contribution in [2.24, 2.45) is 0 Å². The van der Waals surface area contributed by atoms with Crippen LogP contribution in [0.2, 0.25) is 0 Å². The molecule has 0 fully saturated rings. The normalized spacial score (nSPS) is 12.3. The molecule has 0 aliphatic heterocycles. The highest BCUT2D eigenvalue weighted by Gasteiger charge is 2.28. The smallest absolute Gasteiger partial charge is 0.282 e. The van der Waals surface area contributed by atoms with E-state index in [1.165, 1.54) is 83.5 Å². The molecule has 8 heteroatoms. The van der Waals surface area contributed by atoms with Crippen molar-refractivity contribution >= 4 is 20.2 Å². The third kappa shape index (κ3) is 15.0. The van der Waals surface area contributed by atoms with Crippen LogP contribution in [0.1, 0.15) is 153 Å². The Morgan fingerprint density at radius 3 is 1.24 bits per heavy atom. The Morgan fingerprint density at radius 1 is 0.500 bits per heavy atom. The van der Waals surface area contributed by atoms with Crippen LogP contribution in [-0.4, -0.2) is 25.9 Å². The van der Waals surface area contributed by atoms with E-state index in [1.807, 2.05) is 0 Å². The molecular weight excluding hydrogens is 520 g/mol. The van der Waals surface area contributed by atoms with Crippen molar-refractivity contribution in [1.82, 2.24) is 0 Å². The van der Waals surface area contributed by atoms with E-state index in [0.717, 1.165) is 50.2 Å². The minimum absolute atomic E-state index is 0.345. The summed E-state index contributed by atoms with van der Waals surface area (Å²) < 4.78 is 68.0. The van der Waals surface area contributed by atoms with E-state index in [2.05, 4.69) is 13.8 Å². The first kappa shape index (κ1) is 35.1. The van der Waals surface area contributed by atoms with Crippen LogP contribution in [-0.2, 0) is 33.1 Å². The Balaban J connectivity index is 2.72. The first-order valence-electron chi connectivity index (χ1n) is 15.2. The molecule has 0 aliphatic carbocycles. The second-order valence-corrected chi connectivity index (χ2v) is 13.6. The molecule has 0 saturated heterocycles. The standard InChI is InChI=1S/C30H54O6S2/c1-3-5-7-9-11-13-15-17-19-21-23-27-25-26-29(37(31,32)33)30(38(34,35)36)28(27)24-22-20-18-16-14-12-10-8-6-4-2/h25-26H,3-24H2,1-2H3,(H,31,32,33)(H,34,35,36). The van der Waals surface area contributed by atoms with Gasteiger partial charge in [0.15, 0.2) is 0 Å². The largest absolute Gasteiger partial charge is 0.296 e. The van der Waals surface area contributed by atoms with Crippen LogP contribution < -0.4 is 0 Å². The summed E-state index contributed by atoms with van der Waals surface area (Å²) in [7, 11) is -9.62. The molecule has 1 aromatic rings.